The average Bonchev–Trinajstić information content (AvgIpc) is 2.77. The van der Waals surface area contributed by atoms with E-state index < -0.39 is 4.92 Å². The predicted octanol–water partition coefficient (Wildman–Crippen LogP) is 4.55. The van der Waals surface area contributed by atoms with Gasteiger partial charge in [-0.3, -0.25) is 10.1 Å². The maximum atomic E-state index is 10.8. The number of nitrogens with one attached hydrogen (secondary N) is 1. The Balaban J connectivity index is 2.13. The zero-order valence-corrected chi connectivity index (χ0v) is 12.1. The van der Waals surface area contributed by atoms with Gasteiger partial charge in [0.15, 0.2) is 0 Å². The highest BCUT2D eigenvalue weighted by Gasteiger charge is 2.28. The summed E-state index contributed by atoms with van der Waals surface area (Å²) in [6.45, 7) is 5.04. The van der Waals surface area contributed by atoms with E-state index in [1.54, 1.807) is 6.07 Å². The lowest BCUT2D eigenvalue weighted by Gasteiger charge is -2.25. The Hall–Kier alpha value is -1.29. The van der Waals surface area contributed by atoms with Crippen molar-refractivity contribution in [2.75, 3.05) is 11.9 Å². The van der Waals surface area contributed by atoms with E-state index in [0.29, 0.717) is 5.41 Å². The predicted molar refractivity (Wildman–Crippen MR) is 77.9 cm³/mol. The lowest BCUT2D eigenvalue weighted by molar-refractivity contribution is -0.384. The SMILES string of the molecule is Cc1cc([N+](=O)[O-])c(Cl)cc1NCC1(C)CCCC1. The molecule has 0 unspecified atom stereocenters. The number of aryl methyl sites for hydroxylation is 1. The van der Waals surface area contributed by atoms with E-state index in [4.69, 9.17) is 11.6 Å². The summed E-state index contributed by atoms with van der Waals surface area (Å²) in [4.78, 5) is 10.4. The molecule has 104 valence electrons. The van der Waals surface area contributed by atoms with Crippen LogP contribution in [0.5, 0.6) is 0 Å². The van der Waals surface area contributed by atoms with Crippen LogP contribution in [0.15, 0.2) is 12.1 Å². The molecule has 1 saturated carbocycles. The van der Waals surface area contributed by atoms with Crippen molar-refractivity contribution in [2.45, 2.75) is 39.5 Å². The third-order valence-electron chi connectivity index (χ3n) is 4.01. The van der Waals surface area contributed by atoms with Gasteiger partial charge in [0.05, 0.1) is 4.92 Å². The largest absolute Gasteiger partial charge is 0.384 e. The third kappa shape index (κ3) is 3.18. The summed E-state index contributed by atoms with van der Waals surface area (Å²) in [6.07, 6.45) is 5.05. The molecule has 0 amide bonds. The van der Waals surface area contributed by atoms with Crippen LogP contribution in [-0.4, -0.2) is 11.5 Å². The molecule has 1 N–H and O–H groups in total. The van der Waals surface area contributed by atoms with Crippen molar-refractivity contribution >= 4 is 23.0 Å². The second-order valence-electron chi connectivity index (χ2n) is 5.75. The highest BCUT2D eigenvalue weighted by molar-refractivity contribution is 6.33. The molecule has 0 saturated heterocycles. The van der Waals surface area contributed by atoms with E-state index in [2.05, 4.69) is 12.2 Å². The summed E-state index contributed by atoms with van der Waals surface area (Å²) in [5, 5.41) is 14.4. The van der Waals surface area contributed by atoms with Crippen LogP contribution in [0.3, 0.4) is 0 Å². The summed E-state index contributed by atoms with van der Waals surface area (Å²) in [5.41, 5.74) is 2.05. The zero-order valence-electron chi connectivity index (χ0n) is 11.3. The molecule has 1 fully saturated rings. The minimum Gasteiger partial charge on any atom is -0.384 e. The van der Waals surface area contributed by atoms with Gasteiger partial charge in [-0.05, 0) is 36.8 Å². The third-order valence-corrected chi connectivity index (χ3v) is 4.31. The van der Waals surface area contributed by atoms with Crippen LogP contribution in [0, 0.1) is 22.5 Å². The van der Waals surface area contributed by atoms with Crippen molar-refractivity contribution in [1.29, 1.82) is 0 Å². The van der Waals surface area contributed by atoms with E-state index in [-0.39, 0.29) is 10.7 Å². The zero-order chi connectivity index (χ0) is 14.0. The van der Waals surface area contributed by atoms with E-state index in [9.17, 15) is 10.1 Å². The molecule has 0 heterocycles. The minimum atomic E-state index is -0.447. The molecule has 5 heteroatoms. The van der Waals surface area contributed by atoms with Crippen LogP contribution in [-0.2, 0) is 0 Å². The van der Waals surface area contributed by atoms with Crippen molar-refractivity contribution in [3.63, 3.8) is 0 Å². The smallest absolute Gasteiger partial charge is 0.288 e. The van der Waals surface area contributed by atoms with Gasteiger partial charge in [0.1, 0.15) is 5.02 Å². The number of rotatable bonds is 4. The highest BCUT2D eigenvalue weighted by Crippen LogP contribution is 2.38. The fraction of sp³-hybridized carbons (Fsp3) is 0.571. The molecule has 0 spiro atoms. The van der Waals surface area contributed by atoms with Gasteiger partial charge in [-0.25, -0.2) is 0 Å². The lowest BCUT2D eigenvalue weighted by atomic mass is 9.89. The molecule has 0 bridgehead atoms. The Bertz CT molecular complexity index is 496. The summed E-state index contributed by atoms with van der Waals surface area (Å²) in [5.74, 6) is 0. The number of nitro groups is 1. The van der Waals surface area contributed by atoms with Crippen LogP contribution < -0.4 is 5.32 Å². The van der Waals surface area contributed by atoms with Crippen LogP contribution >= 0.6 is 11.6 Å². The maximum Gasteiger partial charge on any atom is 0.288 e. The molecule has 2 rings (SSSR count). The fourth-order valence-electron chi connectivity index (χ4n) is 2.71. The number of hydrogen-bond acceptors (Lipinski definition) is 3. The summed E-state index contributed by atoms with van der Waals surface area (Å²) in [6, 6.07) is 3.19. The Morgan fingerprint density at radius 3 is 2.63 bits per heavy atom. The van der Waals surface area contributed by atoms with Crippen molar-refractivity contribution in [3.8, 4) is 0 Å². The first-order chi connectivity index (χ1) is 8.91. The van der Waals surface area contributed by atoms with Crippen LogP contribution in [0.1, 0.15) is 38.2 Å². The fourth-order valence-corrected chi connectivity index (χ4v) is 2.94. The number of nitrogens with zero attached hydrogens (tertiary/aromatic N) is 1. The van der Waals surface area contributed by atoms with Crippen LogP contribution in [0.25, 0.3) is 0 Å². The number of nitro benzene ring substituents is 1. The molecule has 0 aliphatic heterocycles. The first-order valence-corrected chi connectivity index (χ1v) is 6.97. The van der Waals surface area contributed by atoms with Crippen LogP contribution in [0.2, 0.25) is 5.02 Å². The van der Waals surface area contributed by atoms with E-state index in [1.165, 1.54) is 31.7 Å². The molecular weight excluding hydrogens is 264 g/mol. The van der Waals surface area contributed by atoms with Gasteiger partial charge in [-0.2, -0.15) is 0 Å². The number of benzene rings is 1. The normalized spacial score (nSPS) is 17.4. The lowest BCUT2D eigenvalue weighted by Crippen LogP contribution is -2.23. The first kappa shape index (κ1) is 14.1. The number of anilines is 1. The Kier molecular flexibility index (Phi) is 3.99. The highest BCUT2D eigenvalue weighted by atomic mass is 35.5. The molecule has 1 aromatic carbocycles. The van der Waals surface area contributed by atoms with Gasteiger partial charge in [-0.15, -0.1) is 0 Å². The molecule has 1 aliphatic carbocycles. The second kappa shape index (κ2) is 5.37. The number of hydrogen-bond donors (Lipinski definition) is 1. The van der Waals surface area contributed by atoms with Crippen LogP contribution in [0.4, 0.5) is 11.4 Å². The van der Waals surface area contributed by atoms with E-state index in [1.807, 2.05) is 6.92 Å². The van der Waals surface area contributed by atoms with Gasteiger partial charge in [0.25, 0.3) is 5.69 Å². The second-order valence-corrected chi connectivity index (χ2v) is 6.15. The van der Waals surface area contributed by atoms with Gasteiger partial charge >= 0.3 is 0 Å². The number of halogens is 1. The van der Waals surface area contributed by atoms with Crippen molar-refractivity contribution in [1.82, 2.24) is 0 Å². The summed E-state index contributed by atoms with van der Waals surface area (Å²) >= 11 is 5.94. The Morgan fingerprint density at radius 1 is 1.42 bits per heavy atom. The van der Waals surface area contributed by atoms with Crippen molar-refractivity contribution < 1.29 is 4.92 Å². The van der Waals surface area contributed by atoms with E-state index >= 15 is 0 Å². The summed E-state index contributed by atoms with van der Waals surface area (Å²) < 4.78 is 0. The standard InChI is InChI=1S/C14H19ClN2O2/c1-10-7-13(17(18)19)11(15)8-12(10)16-9-14(2)5-3-4-6-14/h7-8,16H,3-6,9H2,1-2H3. The average molecular weight is 283 g/mol. The van der Waals surface area contributed by atoms with Crippen molar-refractivity contribution in [3.05, 3.63) is 32.8 Å². The molecular formula is C14H19ClN2O2. The molecule has 1 aromatic rings. The van der Waals surface area contributed by atoms with Gasteiger partial charge in [-0.1, -0.05) is 31.4 Å². The molecule has 1 aliphatic rings. The quantitative estimate of drug-likeness (QED) is 0.651. The molecule has 0 atom stereocenters. The molecule has 0 aromatic heterocycles. The van der Waals surface area contributed by atoms with Crippen molar-refractivity contribution in [2.24, 2.45) is 5.41 Å². The molecule has 0 radical (unpaired) electrons. The Labute approximate surface area is 118 Å². The molecule has 4 nitrogen and oxygen atoms in total. The van der Waals surface area contributed by atoms with Gasteiger partial charge < -0.3 is 5.32 Å². The maximum absolute atomic E-state index is 10.8. The monoisotopic (exact) mass is 282 g/mol. The Morgan fingerprint density at radius 2 is 2.05 bits per heavy atom. The summed E-state index contributed by atoms with van der Waals surface area (Å²) in [7, 11) is 0. The topological polar surface area (TPSA) is 55.2 Å². The van der Waals surface area contributed by atoms with Gasteiger partial charge in [0.2, 0.25) is 0 Å². The van der Waals surface area contributed by atoms with E-state index in [0.717, 1.165) is 17.8 Å². The molecule has 19 heavy (non-hydrogen) atoms. The van der Waals surface area contributed by atoms with Gasteiger partial charge in [0, 0.05) is 18.3 Å². The minimum absolute atomic E-state index is 0.0307. The first-order valence-electron chi connectivity index (χ1n) is 6.60.